The normalized spacial score (nSPS) is 13.4. The highest BCUT2D eigenvalue weighted by Crippen LogP contribution is 2.23. The van der Waals surface area contributed by atoms with Crippen molar-refractivity contribution in [1.82, 2.24) is 5.32 Å². The molecule has 1 aliphatic heterocycles. The van der Waals surface area contributed by atoms with Gasteiger partial charge in [0.25, 0.3) is 0 Å². The van der Waals surface area contributed by atoms with Gasteiger partial charge < -0.3 is 15.0 Å². The lowest BCUT2D eigenvalue weighted by molar-refractivity contribution is 0.0600. The Morgan fingerprint density at radius 2 is 1.68 bits per heavy atom. The second-order valence-electron chi connectivity index (χ2n) is 5.73. The maximum Gasteiger partial charge on any atom is 0.337 e. The standard InChI is InChI=1S/C19H22N2O2.2ClH/c1-23-19(22)16-8-6-15(7-9-16)14-17-4-2-3-5-18(17)21-12-10-20-11-13-21;;/h2-9,20H,10-14H2,1H3;2*1H. The first kappa shape index (κ1) is 21.3. The number of hydrogen-bond acceptors (Lipinski definition) is 4. The summed E-state index contributed by atoms with van der Waals surface area (Å²) in [6.07, 6.45) is 0.863. The fraction of sp³-hybridized carbons (Fsp3) is 0.316. The largest absolute Gasteiger partial charge is 0.465 e. The van der Waals surface area contributed by atoms with Gasteiger partial charge in [0.1, 0.15) is 0 Å². The second-order valence-corrected chi connectivity index (χ2v) is 5.73. The number of esters is 1. The molecular formula is C19H24Cl2N2O2. The van der Waals surface area contributed by atoms with Crippen LogP contribution in [0.15, 0.2) is 48.5 Å². The monoisotopic (exact) mass is 382 g/mol. The minimum absolute atomic E-state index is 0. The van der Waals surface area contributed by atoms with Crippen LogP contribution in [-0.4, -0.2) is 39.3 Å². The van der Waals surface area contributed by atoms with Crippen LogP contribution in [0.3, 0.4) is 0 Å². The molecule has 0 amide bonds. The number of methoxy groups -OCH3 is 1. The number of benzene rings is 2. The molecule has 0 atom stereocenters. The van der Waals surface area contributed by atoms with E-state index in [0.717, 1.165) is 32.6 Å². The number of rotatable bonds is 4. The van der Waals surface area contributed by atoms with Crippen molar-refractivity contribution < 1.29 is 9.53 Å². The van der Waals surface area contributed by atoms with Gasteiger partial charge in [-0.2, -0.15) is 0 Å². The van der Waals surface area contributed by atoms with Gasteiger partial charge in [-0.3, -0.25) is 0 Å². The van der Waals surface area contributed by atoms with Crippen molar-refractivity contribution in [2.24, 2.45) is 0 Å². The molecule has 0 spiro atoms. The zero-order chi connectivity index (χ0) is 16.1. The highest BCUT2D eigenvalue weighted by molar-refractivity contribution is 5.89. The minimum atomic E-state index is -0.294. The predicted molar refractivity (Wildman–Crippen MR) is 107 cm³/mol. The molecule has 1 aliphatic rings. The van der Waals surface area contributed by atoms with Crippen LogP contribution in [0, 0.1) is 0 Å². The summed E-state index contributed by atoms with van der Waals surface area (Å²) in [7, 11) is 1.40. The van der Waals surface area contributed by atoms with Gasteiger partial charge in [-0.05, 0) is 35.7 Å². The van der Waals surface area contributed by atoms with E-state index in [1.807, 2.05) is 24.3 Å². The van der Waals surface area contributed by atoms with Crippen LogP contribution in [0.2, 0.25) is 0 Å². The molecule has 0 radical (unpaired) electrons. The number of hydrogen-bond donors (Lipinski definition) is 1. The molecule has 0 unspecified atom stereocenters. The third kappa shape index (κ3) is 5.36. The molecule has 1 heterocycles. The van der Waals surface area contributed by atoms with Gasteiger partial charge >= 0.3 is 5.97 Å². The van der Waals surface area contributed by atoms with Gasteiger partial charge in [-0.15, -0.1) is 24.8 Å². The number of anilines is 1. The van der Waals surface area contributed by atoms with E-state index in [1.54, 1.807) is 0 Å². The summed E-state index contributed by atoms with van der Waals surface area (Å²) in [6, 6.07) is 16.2. The first-order valence-electron chi connectivity index (χ1n) is 7.99. The van der Waals surface area contributed by atoms with Crippen molar-refractivity contribution >= 4 is 36.5 Å². The van der Waals surface area contributed by atoms with E-state index in [-0.39, 0.29) is 30.8 Å². The molecule has 3 rings (SSSR count). The van der Waals surface area contributed by atoms with Gasteiger partial charge in [0.15, 0.2) is 0 Å². The van der Waals surface area contributed by atoms with Gasteiger partial charge in [-0.1, -0.05) is 30.3 Å². The lowest BCUT2D eigenvalue weighted by Gasteiger charge is -2.31. The van der Waals surface area contributed by atoms with Crippen LogP contribution in [0.25, 0.3) is 0 Å². The molecule has 1 N–H and O–H groups in total. The van der Waals surface area contributed by atoms with Crippen LogP contribution >= 0.6 is 24.8 Å². The van der Waals surface area contributed by atoms with Gasteiger partial charge in [0.2, 0.25) is 0 Å². The Labute approximate surface area is 161 Å². The van der Waals surface area contributed by atoms with Crippen molar-refractivity contribution in [3.8, 4) is 0 Å². The first-order valence-corrected chi connectivity index (χ1v) is 7.99. The summed E-state index contributed by atoms with van der Waals surface area (Å²) in [5, 5.41) is 3.39. The SMILES string of the molecule is COC(=O)c1ccc(Cc2ccccc2N2CCNCC2)cc1.Cl.Cl. The molecule has 6 heteroatoms. The van der Waals surface area contributed by atoms with E-state index in [0.29, 0.717) is 5.56 Å². The van der Waals surface area contributed by atoms with E-state index >= 15 is 0 Å². The van der Waals surface area contributed by atoms with E-state index in [1.165, 1.54) is 23.9 Å². The molecular weight excluding hydrogens is 359 g/mol. The molecule has 0 bridgehead atoms. The summed E-state index contributed by atoms with van der Waals surface area (Å²) in [5.41, 5.74) is 4.41. The Morgan fingerprint density at radius 3 is 2.32 bits per heavy atom. The maximum atomic E-state index is 11.5. The zero-order valence-corrected chi connectivity index (χ0v) is 15.9. The van der Waals surface area contributed by atoms with Crippen LogP contribution < -0.4 is 10.2 Å². The van der Waals surface area contributed by atoms with Gasteiger partial charge in [0, 0.05) is 31.9 Å². The molecule has 136 valence electrons. The quantitative estimate of drug-likeness (QED) is 0.823. The topological polar surface area (TPSA) is 41.6 Å². The van der Waals surface area contributed by atoms with Crippen molar-refractivity contribution in [2.75, 3.05) is 38.2 Å². The number of carbonyl (C=O) groups excluding carboxylic acids is 1. The van der Waals surface area contributed by atoms with E-state index < -0.39 is 0 Å². The summed E-state index contributed by atoms with van der Waals surface area (Å²) in [4.78, 5) is 13.9. The number of carbonyl (C=O) groups is 1. The molecule has 2 aromatic rings. The first-order chi connectivity index (χ1) is 11.3. The number of nitrogens with one attached hydrogen (secondary N) is 1. The molecule has 1 fully saturated rings. The van der Waals surface area contributed by atoms with Gasteiger partial charge in [-0.25, -0.2) is 4.79 Å². The van der Waals surface area contributed by atoms with Crippen LogP contribution in [-0.2, 0) is 11.2 Å². The highest BCUT2D eigenvalue weighted by atomic mass is 35.5. The van der Waals surface area contributed by atoms with E-state index in [9.17, 15) is 4.79 Å². The number of ether oxygens (including phenoxy) is 1. The Bertz CT molecular complexity index is 671. The molecule has 0 aromatic heterocycles. The van der Waals surface area contributed by atoms with E-state index in [2.05, 4.69) is 34.5 Å². The summed E-state index contributed by atoms with van der Waals surface area (Å²) in [5.74, 6) is -0.294. The number of para-hydroxylation sites is 1. The van der Waals surface area contributed by atoms with Crippen molar-refractivity contribution in [3.63, 3.8) is 0 Å². The molecule has 1 saturated heterocycles. The van der Waals surface area contributed by atoms with Crippen LogP contribution in [0.4, 0.5) is 5.69 Å². The Hall–Kier alpha value is -1.75. The molecule has 0 aliphatic carbocycles. The number of nitrogens with zero attached hydrogens (tertiary/aromatic N) is 1. The Kier molecular flexibility index (Phi) is 8.76. The molecule has 25 heavy (non-hydrogen) atoms. The van der Waals surface area contributed by atoms with Crippen LogP contribution in [0.1, 0.15) is 21.5 Å². The van der Waals surface area contributed by atoms with Crippen molar-refractivity contribution in [1.29, 1.82) is 0 Å². The predicted octanol–water partition coefficient (Wildman–Crippen LogP) is 3.32. The summed E-state index contributed by atoms with van der Waals surface area (Å²) in [6.45, 7) is 4.14. The molecule has 2 aromatic carbocycles. The third-order valence-electron chi connectivity index (χ3n) is 4.22. The zero-order valence-electron chi connectivity index (χ0n) is 14.2. The average molecular weight is 383 g/mol. The smallest absolute Gasteiger partial charge is 0.337 e. The Balaban J connectivity index is 0.00000156. The van der Waals surface area contributed by atoms with E-state index in [4.69, 9.17) is 4.74 Å². The van der Waals surface area contributed by atoms with Gasteiger partial charge in [0.05, 0.1) is 12.7 Å². The average Bonchev–Trinajstić information content (AvgIpc) is 2.63. The lowest BCUT2D eigenvalue weighted by atomic mass is 10.0. The summed E-state index contributed by atoms with van der Waals surface area (Å²) < 4.78 is 4.74. The minimum Gasteiger partial charge on any atom is -0.465 e. The maximum absolute atomic E-state index is 11.5. The third-order valence-corrected chi connectivity index (χ3v) is 4.22. The number of piperazine rings is 1. The van der Waals surface area contributed by atoms with Crippen LogP contribution in [0.5, 0.6) is 0 Å². The fourth-order valence-electron chi connectivity index (χ4n) is 2.97. The molecule has 0 saturated carbocycles. The number of halogens is 2. The van der Waals surface area contributed by atoms with Crippen molar-refractivity contribution in [2.45, 2.75) is 6.42 Å². The second kappa shape index (κ2) is 10.3. The fourth-order valence-corrected chi connectivity index (χ4v) is 2.97. The van der Waals surface area contributed by atoms with Crippen molar-refractivity contribution in [3.05, 3.63) is 65.2 Å². The summed E-state index contributed by atoms with van der Waals surface area (Å²) >= 11 is 0. The molecule has 4 nitrogen and oxygen atoms in total. The lowest BCUT2D eigenvalue weighted by Crippen LogP contribution is -2.43. The highest BCUT2D eigenvalue weighted by Gasteiger charge is 2.14. The Morgan fingerprint density at radius 1 is 1.04 bits per heavy atom.